The first-order valence-corrected chi connectivity index (χ1v) is 16.6. The first kappa shape index (κ1) is 31.3. The number of benzene rings is 3. The number of hydrogen-bond acceptors (Lipinski definition) is 5. The van der Waals surface area contributed by atoms with E-state index in [1.54, 1.807) is 7.11 Å². The molecule has 3 aromatic carbocycles. The quantitative estimate of drug-likeness (QED) is 0.139. The maximum absolute atomic E-state index is 12.7. The number of carbonyl (C=O) groups excluding carboxylic acids is 1. The van der Waals surface area contributed by atoms with Crippen molar-refractivity contribution >= 4 is 25.0 Å². The molecule has 6 heteroatoms. The minimum Gasteiger partial charge on any atom is -0.407 e. The van der Waals surface area contributed by atoms with Gasteiger partial charge in [0.15, 0.2) is 0 Å². The summed E-state index contributed by atoms with van der Waals surface area (Å²) in [5.74, 6) is -0.338. The molecule has 0 bridgehead atoms. The molecule has 1 aliphatic carbocycles. The zero-order valence-electron chi connectivity index (χ0n) is 25.3. The van der Waals surface area contributed by atoms with Gasteiger partial charge in [0.25, 0.3) is 8.32 Å². The minimum absolute atomic E-state index is 0.108. The Morgan fingerprint density at radius 3 is 1.93 bits per heavy atom. The third-order valence-corrected chi connectivity index (χ3v) is 13.9. The fourth-order valence-electron chi connectivity index (χ4n) is 6.61. The molecule has 0 radical (unpaired) electrons. The van der Waals surface area contributed by atoms with Crippen molar-refractivity contribution in [2.24, 2.45) is 11.3 Å². The summed E-state index contributed by atoms with van der Waals surface area (Å²) in [4.78, 5) is 12.7. The van der Waals surface area contributed by atoms with Gasteiger partial charge in [0.1, 0.15) is 13.1 Å². The summed E-state index contributed by atoms with van der Waals surface area (Å²) < 4.78 is 25.1. The van der Waals surface area contributed by atoms with E-state index >= 15 is 0 Å². The van der Waals surface area contributed by atoms with Gasteiger partial charge in [-0.1, -0.05) is 119 Å². The van der Waals surface area contributed by atoms with E-state index in [-0.39, 0.29) is 30.0 Å². The summed E-state index contributed by atoms with van der Waals surface area (Å²) in [6, 6.07) is 31.6. The topological polar surface area (TPSA) is 54.0 Å². The van der Waals surface area contributed by atoms with Crippen molar-refractivity contribution in [1.29, 1.82) is 0 Å². The SMILES string of the molecule is COCO[C@H]1CC[C@H](OCc2ccccc2)[C@@](C)(CCO[Si](c2ccccc2)(c2ccccc2)C(C)(C)C)[C@@H]1C=O. The van der Waals surface area contributed by atoms with Crippen LogP contribution >= 0.6 is 0 Å². The van der Waals surface area contributed by atoms with E-state index in [0.29, 0.717) is 19.6 Å². The van der Waals surface area contributed by atoms with Gasteiger partial charge in [-0.15, -0.1) is 0 Å². The van der Waals surface area contributed by atoms with Crippen molar-refractivity contribution in [1.82, 2.24) is 0 Å². The van der Waals surface area contributed by atoms with E-state index in [0.717, 1.165) is 24.7 Å². The van der Waals surface area contributed by atoms with Gasteiger partial charge in [-0.25, -0.2) is 0 Å². The molecule has 41 heavy (non-hydrogen) atoms. The zero-order valence-corrected chi connectivity index (χ0v) is 26.3. The highest BCUT2D eigenvalue weighted by Gasteiger charge is 2.53. The van der Waals surface area contributed by atoms with Crippen LogP contribution < -0.4 is 10.4 Å². The number of ether oxygens (including phenoxy) is 3. The molecule has 0 amide bonds. The van der Waals surface area contributed by atoms with Crippen molar-refractivity contribution in [3.8, 4) is 0 Å². The van der Waals surface area contributed by atoms with Gasteiger partial charge in [-0.3, -0.25) is 0 Å². The maximum atomic E-state index is 12.7. The Kier molecular flexibility index (Phi) is 10.7. The van der Waals surface area contributed by atoms with Crippen molar-refractivity contribution in [2.45, 2.75) is 70.8 Å². The van der Waals surface area contributed by atoms with Crippen molar-refractivity contribution < 1.29 is 23.4 Å². The summed E-state index contributed by atoms with van der Waals surface area (Å²) in [6.45, 7) is 10.2. The third-order valence-electron chi connectivity index (χ3n) is 8.83. The lowest BCUT2D eigenvalue weighted by Gasteiger charge is -2.49. The Labute approximate surface area is 247 Å². The number of hydrogen-bond donors (Lipinski definition) is 0. The first-order valence-electron chi connectivity index (χ1n) is 14.7. The monoisotopic (exact) mass is 574 g/mol. The zero-order chi connectivity index (χ0) is 29.3. The molecule has 0 N–H and O–H groups in total. The molecule has 0 unspecified atom stereocenters. The average Bonchev–Trinajstić information content (AvgIpc) is 2.98. The molecule has 3 aromatic rings. The van der Waals surface area contributed by atoms with E-state index in [1.807, 2.05) is 18.2 Å². The fourth-order valence-corrected chi connectivity index (χ4v) is 11.2. The van der Waals surface area contributed by atoms with Crippen LogP contribution in [0.1, 0.15) is 52.5 Å². The highest BCUT2D eigenvalue weighted by Crippen LogP contribution is 2.47. The molecule has 0 aromatic heterocycles. The van der Waals surface area contributed by atoms with Gasteiger partial charge in [0.05, 0.1) is 18.8 Å². The van der Waals surface area contributed by atoms with Crippen LogP contribution in [-0.2, 0) is 30.0 Å². The molecular weight excluding hydrogens is 528 g/mol. The van der Waals surface area contributed by atoms with Crippen molar-refractivity contribution in [2.75, 3.05) is 20.5 Å². The second-order valence-corrected chi connectivity index (χ2v) is 16.7. The summed E-state index contributed by atoms with van der Waals surface area (Å²) in [5, 5.41) is 2.37. The third kappa shape index (κ3) is 6.90. The summed E-state index contributed by atoms with van der Waals surface area (Å²) in [5.41, 5.74) is 0.650. The molecule has 0 saturated heterocycles. The second kappa shape index (κ2) is 14.0. The fraction of sp³-hybridized carbons (Fsp3) is 0.457. The maximum Gasteiger partial charge on any atom is 0.261 e. The summed E-state index contributed by atoms with van der Waals surface area (Å²) in [7, 11) is -1.10. The normalized spacial score (nSPS) is 23.3. The van der Waals surface area contributed by atoms with Crippen LogP contribution in [0.25, 0.3) is 0 Å². The van der Waals surface area contributed by atoms with Crippen LogP contribution in [0.2, 0.25) is 5.04 Å². The predicted molar refractivity (Wildman–Crippen MR) is 167 cm³/mol. The van der Waals surface area contributed by atoms with E-state index in [9.17, 15) is 4.79 Å². The molecule has 1 fully saturated rings. The Hall–Kier alpha value is -2.61. The largest absolute Gasteiger partial charge is 0.407 e. The lowest BCUT2D eigenvalue weighted by Crippen LogP contribution is -2.67. The van der Waals surface area contributed by atoms with Crippen molar-refractivity contribution in [3.05, 3.63) is 96.6 Å². The number of carbonyl (C=O) groups is 1. The molecular formula is C35H46O5Si. The molecule has 1 saturated carbocycles. The molecule has 4 atom stereocenters. The number of aldehydes is 1. The standard InChI is InChI=1S/C35H46O5Si/c1-34(2,3)41(29-17-11-7-12-18-29,30-19-13-8-14-20-30)40-24-23-35(4)31(25-36)32(39-27-37-5)21-22-33(35)38-26-28-15-9-6-10-16-28/h6-20,25,31-33H,21-24,26-27H2,1-5H3/t31-,32+,33+,35+/m1/s1. The van der Waals surface area contributed by atoms with E-state index in [4.69, 9.17) is 18.6 Å². The van der Waals surface area contributed by atoms with Crippen LogP contribution in [0.5, 0.6) is 0 Å². The lowest BCUT2D eigenvalue weighted by molar-refractivity contribution is -0.178. The average molecular weight is 575 g/mol. The first-order chi connectivity index (χ1) is 19.8. The number of rotatable bonds is 13. The van der Waals surface area contributed by atoms with Gasteiger partial charge in [-0.2, -0.15) is 0 Å². The van der Waals surface area contributed by atoms with Crippen LogP contribution in [0.15, 0.2) is 91.0 Å². The van der Waals surface area contributed by atoms with E-state index < -0.39 is 13.7 Å². The molecule has 0 heterocycles. The van der Waals surface area contributed by atoms with Crippen molar-refractivity contribution in [3.63, 3.8) is 0 Å². The highest BCUT2D eigenvalue weighted by atomic mass is 28.4. The van der Waals surface area contributed by atoms with Gasteiger partial charge < -0.3 is 23.4 Å². The Morgan fingerprint density at radius 1 is 0.854 bits per heavy atom. The van der Waals surface area contributed by atoms with Crippen LogP contribution in [-0.4, -0.2) is 47.3 Å². The van der Waals surface area contributed by atoms with E-state index in [2.05, 4.69) is 100 Å². The molecule has 1 aliphatic rings. The molecule has 220 valence electrons. The second-order valence-electron chi connectivity index (χ2n) is 12.4. The van der Waals surface area contributed by atoms with E-state index in [1.165, 1.54) is 10.4 Å². The Balaban J connectivity index is 1.65. The highest BCUT2D eigenvalue weighted by molar-refractivity contribution is 6.99. The lowest BCUT2D eigenvalue weighted by atomic mass is 9.63. The van der Waals surface area contributed by atoms with Gasteiger partial charge in [-0.05, 0) is 40.2 Å². The van der Waals surface area contributed by atoms with Gasteiger partial charge >= 0.3 is 0 Å². The summed E-state index contributed by atoms with van der Waals surface area (Å²) in [6.07, 6.45) is 2.97. The Morgan fingerprint density at radius 2 is 1.41 bits per heavy atom. The van der Waals surface area contributed by atoms with Gasteiger partial charge in [0.2, 0.25) is 0 Å². The molecule has 4 rings (SSSR count). The van der Waals surface area contributed by atoms with Crippen LogP contribution in [0.4, 0.5) is 0 Å². The van der Waals surface area contributed by atoms with Crippen LogP contribution in [0.3, 0.4) is 0 Å². The smallest absolute Gasteiger partial charge is 0.261 e. The molecule has 0 aliphatic heterocycles. The number of methoxy groups -OCH3 is 1. The predicted octanol–water partition coefficient (Wildman–Crippen LogP) is 6.14. The van der Waals surface area contributed by atoms with Crippen LogP contribution in [0, 0.1) is 11.3 Å². The molecule has 5 nitrogen and oxygen atoms in total. The Bertz CT molecular complexity index is 1160. The minimum atomic E-state index is -2.71. The van der Waals surface area contributed by atoms with Gasteiger partial charge in [0, 0.05) is 25.0 Å². The molecule has 0 spiro atoms. The summed E-state index contributed by atoms with van der Waals surface area (Å²) >= 11 is 0.